The number of hydrogen-bond acceptors (Lipinski definition) is 3. The third kappa shape index (κ3) is 1.80. The van der Waals surface area contributed by atoms with Gasteiger partial charge in [0.15, 0.2) is 0 Å². The van der Waals surface area contributed by atoms with E-state index in [1.807, 2.05) is 0 Å². The van der Waals surface area contributed by atoms with Crippen molar-refractivity contribution in [2.75, 3.05) is 0 Å². The number of rotatable bonds is 1. The zero-order valence-corrected chi connectivity index (χ0v) is 6.11. The molecular formula is C8H8NO2-. The maximum atomic E-state index is 10.0. The molecule has 1 N–H and O–H groups in total. The molecule has 0 spiro atoms. The third-order valence-corrected chi connectivity index (χ3v) is 1.40. The van der Waals surface area contributed by atoms with Gasteiger partial charge in [-0.15, -0.1) is 5.73 Å². The van der Waals surface area contributed by atoms with Crippen LogP contribution in [-0.2, 0) is 0 Å². The topological polar surface area (TPSA) is 55.7 Å². The maximum Gasteiger partial charge on any atom is 0.0979 e. The Balaban J connectivity index is 2.93. The monoisotopic (exact) mass is 150 g/mol. The van der Waals surface area contributed by atoms with Crippen molar-refractivity contribution in [3.63, 3.8) is 0 Å². The Morgan fingerprint density at radius 1 is 1.82 bits per heavy atom. The lowest BCUT2D eigenvalue weighted by atomic mass is 10.1. The van der Waals surface area contributed by atoms with Crippen LogP contribution in [0.2, 0.25) is 0 Å². The normalized spacial score (nSPS) is 23.6. The first-order valence-corrected chi connectivity index (χ1v) is 3.24. The molecule has 0 aromatic rings. The average molecular weight is 150 g/mol. The quantitative estimate of drug-likeness (QED) is 0.344. The minimum Gasteiger partial charge on any atom is -0.792 e. The average Bonchev–Trinajstić information content (AvgIpc) is 2.05. The maximum absolute atomic E-state index is 10.0. The van der Waals surface area contributed by atoms with Crippen LogP contribution in [0, 0.1) is 5.21 Å². The molecule has 0 saturated carbocycles. The van der Waals surface area contributed by atoms with Crippen molar-refractivity contribution in [1.29, 1.82) is 0 Å². The number of aliphatic hydroxyl groups is 1. The molecule has 1 aliphatic rings. The second-order valence-electron chi connectivity index (χ2n) is 2.25. The van der Waals surface area contributed by atoms with Gasteiger partial charge in [0, 0.05) is 11.3 Å². The lowest BCUT2D eigenvalue weighted by molar-refractivity contribution is 0.271. The third-order valence-electron chi connectivity index (χ3n) is 1.40. The molecule has 0 heterocycles. The molecule has 0 saturated heterocycles. The largest absolute Gasteiger partial charge is 0.792 e. The van der Waals surface area contributed by atoms with Gasteiger partial charge in [0.25, 0.3) is 0 Å². The highest BCUT2D eigenvalue weighted by atomic mass is 16.4. The summed E-state index contributed by atoms with van der Waals surface area (Å²) in [7, 11) is 0. The Labute approximate surface area is 64.7 Å². The zero-order valence-electron chi connectivity index (χ0n) is 6.11. The van der Waals surface area contributed by atoms with Gasteiger partial charge >= 0.3 is 0 Å². The summed E-state index contributed by atoms with van der Waals surface area (Å²) in [6.07, 6.45) is 4.09. The molecule has 58 valence electrons. The van der Waals surface area contributed by atoms with E-state index in [0.717, 1.165) is 0 Å². The number of hydrogen-bond donors (Lipinski definition) is 1. The summed E-state index contributed by atoms with van der Waals surface area (Å²) in [6.45, 7) is 1.60. The zero-order chi connectivity index (χ0) is 8.27. The van der Waals surface area contributed by atoms with Crippen LogP contribution in [0.4, 0.5) is 0 Å². The molecule has 0 aliphatic heterocycles. The molecule has 1 rings (SSSR count). The van der Waals surface area contributed by atoms with E-state index in [1.165, 1.54) is 6.08 Å². The molecule has 0 aromatic heterocycles. The van der Waals surface area contributed by atoms with Crippen LogP contribution >= 0.6 is 0 Å². The van der Waals surface area contributed by atoms with Gasteiger partial charge in [-0.25, -0.2) is 0 Å². The van der Waals surface area contributed by atoms with Gasteiger partial charge in [0.1, 0.15) is 0 Å². The summed E-state index contributed by atoms with van der Waals surface area (Å²) < 4.78 is 0. The summed E-state index contributed by atoms with van der Waals surface area (Å²) in [5.74, 6) is 0. The van der Waals surface area contributed by atoms with Gasteiger partial charge in [-0.3, -0.25) is 0 Å². The van der Waals surface area contributed by atoms with Crippen LogP contribution in [0.1, 0.15) is 6.92 Å². The summed E-state index contributed by atoms with van der Waals surface area (Å²) in [6, 6.07) is 0. The Bertz CT molecular complexity index is 270. The van der Waals surface area contributed by atoms with Crippen LogP contribution in [0.25, 0.3) is 0 Å². The first-order valence-electron chi connectivity index (χ1n) is 3.24. The lowest BCUT2D eigenvalue weighted by Gasteiger charge is -2.05. The van der Waals surface area contributed by atoms with E-state index in [0.29, 0.717) is 11.3 Å². The van der Waals surface area contributed by atoms with Crippen molar-refractivity contribution in [2.24, 2.45) is 5.16 Å². The lowest BCUT2D eigenvalue weighted by Crippen LogP contribution is -2.02. The molecule has 0 radical (unpaired) electrons. The first kappa shape index (κ1) is 7.79. The van der Waals surface area contributed by atoms with Gasteiger partial charge in [-0.05, 0) is 19.1 Å². The first-order chi connectivity index (χ1) is 5.24. The fourth-order valence-electron chi connectivity index (χ4n) is 0.748. The van der Waals surface area contributed by atoms with Crippen LogP contribution in [0.5, 0.6) is 0 Å². The van der Waals surface area contributed by atoms with Crippen molar-refractivity contribution in [3.05, 3.63) is 34.7 Å². The molecular weight excluding hydrogens is 142 g/mol. The summed E-state index contributed by atoms with van der Waals surface area (Å²) in [5, 5.41) is 21.7. The SMILES string of the molecule is CC(=N[O-])C1=C=CC(O)C=C1. The van der Waals surface area contributed by atoms with E-state index in [2.05, 4.69) is 10.9 Å². The molecule has 1 atom stereocenters. The molecule has 3 heteroatoms. The molecule has 1 aliphatic carbocycles. The van der Waals surface area contributed by atoms with Gasteiger partial charge < -0.3 is 15.5 Å². The molecule has 0 bridgehead atoms. The van der Waals surface area contributed by atoms with Gasteiger partial charge in [0.05, 0.1) is 6.10 Å². The van der Waals surface area contributed by atoms with Crippen LogP contribution in [0.3, 0.4) is 0 Å². The highest BCUT2D eigenvalue weighted by Crippen LogP contribution is 2.05. The second kappa shape index (κ2) is 3.19. The number of nitrogens with zero attached hydrogens (tertiary/aromatic N) is 1. The van der Waals surface area contributed by atoms with Crippen molar-refractivity contribution >= 4 is 5.71 Å². The number of allylic oxidation sites excluding steroid dienone is 1. The van der Waals surface area contributed by atoms with Gasteiger partial charge in [0.2, 0.25) is 0 Å². The molecule has 1 unspecified atom stereocenters. The minimum absolute atomic E-state index is 0.379. The van der Waals surface area contributed by atoms with Crippen molar-refractivity contribution < 1.29 is 5.11 Å². The fourth-order valence-corrected chi connectivity index (χ4v) is 0.748. The van der Waals surface area contributed by atoms with E-state index in [4.69, 9.17) is 5.11 Å². The molecule has 0 aromatic carbocycles. The molecule has 0 amide bonds. The van der Waals surface area contributed by atoms with Crippen LogP contribution in [0.15, 0.2) is 34.7 Å². The second-order valence-corrected chi connectivity index (χ2v) is 2.25. The molecule has 0 fully saturated rings. The highest BCUT2D eigenvalue weighted by Gasteiger charge is 2.00. The van der Waals surface area contributed by atoms with Crippen molar-refractivity contribution in [1.82, 2.24) is 0 Å². The summed E-state index contributed by atoms with van der Waals surface area (Å²) in [5.41, 5.74) is 3.75. The van der Waals surface area contributed by atoms with Crippen LogP contribution < -0.4 is 0 Å². The Morgan fingerprint density at radius 3 is 3.00 bits per heavy atom. The van der Waals surface area contributed by atoms with E-state index in [9.17, 15) is 5.21 Å². The molecule has 3 nitrogen and oxygen atoms in total. The predicted molar refractivity (Wildman–Crippen MR) is 43.2 cm³/mol. The van der Waals surface area contributed by atoms with Crippen molar-refractivity contribution in [3.8, 4) is 0 Å². The Hall–Kier alpha value is -1.31. The minimum atomic E-state index is -0.585. The Morgan fingerprint density at radius 2 is 2.55 bits per heavy atom. The van der Waals surface area contributed by atoms with Gasteiger partial charge in [-0.2, -0.15) is 0 Å². The van der Waals surface area contributed by atoms with E-state index < -0.39 is 6.10 Å². The van der Waals surface area contributed by atoms with Gasteiger partial charge in [-0.1, -0.05) is 6.08 Å². The Kier molecular flexibility index (Phi) is 2.26. The summed E-state index contributed by atoms with van der Waals surface area (Å²) in [4.78, 5) is 0. The number of aliphatic hydroxyl groups excluding tert-OH is 1. The van der Waals surface area contributed by atoms with Crippen LogP contribution in [-0.4, -0.2) is 16.9 Å². The van der Waals surface area contributed by atoms with E-state index >= 15 is 0 Å². The fraction of sp³-hybridized carbons (Fsp3) is 0.250. The predicted octanol–water partition coefficient (Wildman–Crippen LogP) is 0.957. The molecule has 11 heavy (non-hydrogen) atoms. The van der Waals surface area contributed by atoms with E-state index in [-0.39, 0.29) is 0 Å². The smallest absolute Gasteiger partial charge is 0.0979 e. The van der Waals surface area contributed by atoms with E-state index in [1.54, 1.807) is 19.1 Å². The van der Waals surface area contributed by atoms with Crippen molar-refractivity contribution in [2.45, 2.75) is 13.0 Å². The standard InChI is InChI=1S/C8H9NO2/c1-6(9-11)7-2-4-8(10)5-3-7/h2,4-5,8,10-11H,1H3/p-1. The highest BCUT2D eigenvalue weighted by molar-refractivity contribution is 6.00. The summed E-state index contributed by atoms with van der Waals surface area (Å²) >= 11 is 0.